The van der Waals surface area contributed by atoms with Crippen molar-refractivity contribution >= 4 is 10.0 Å². The highest BCUT2D eigenvalue weighted by Gasteiger charge is 2.40. The Balaban J connectivity index is 1.77. The number of aliphatic hydroxyl groups excluding tert-OH is 1. The van der Waals surface area contributed by atoms with Gasteiger partial charge < -0.3 is 24.2 Å². The van der Waals surface area contributed by atoms with Crippen molar-refractivity contribution in [1.82, 2.24) is 14.1 Å². The molecule has 9 nitrogen and oxygen atoms in total. The van der Waals surface area contributed by atoms with E-state index >= 15 is 0 Å². The van der Waals surface area contributed by atoms with E-state index in [1.54, 1.807) is 7.11 Å². The van der Waals surface area contributed by atoms with Crippen molar-refractivity contribution < 1.29 is 27.7 Å². The molecule has 0 radical (unpaired) electrons. The number of hydrogen-bond donors (Lipinski definition) is 1. The summed E-state index contributed by atoms with van der Waals surface area (Å²) in [6.45, 7) is 3.95. The van der Waals surface area contributed by atoms with Crippen molar-refractivity contribution in [3.63, 3.8) is 0 Å². The molecule has 1 aromatic rings. The second kappa shape index (κ2) is 7.68. The molecule has 3 aliphatic rings. The Morgan fingerprint density at radius 1 is 1.07 bits per heavy atom. The zero-order valence-electron chi connectivity index (χ0n) is 16.3. The fourth-order valence-corrected chi connectivity index (χ4v) is 6.02. The number of methoxy groups -OCH3 is 1. The highest BCUT2D eigenvalue weighted by molar-refractivity contribution is 7.89. The lowest BCUT2D eigenvalue weighted by molar-refractivity contribution is 0.151. The van der Waals surface area contributed by atoms with Crippen LogP contribution in [0.3, 0.4) is 0 Å². The summed E-state index contributed by atoms with van der Waals surface area (Å²) in [6, 6.07) is 0. The topological polar surface area (TPSA) is 91.8 Å². The van der Waals surface area contributed by atoms with Crippen molar-refractivity contribution in [3.05, 3.63) is 11.1 Å². The van der Waals surface area contributed by atoms with Gasteiger partial charge in [-0.1, -0.05) is 0 Å². The minimum Gasteiger partial charge on any atom is -0.492 e. The van der Waals surface area contributed by atoms with E-state index in [1.165, 1.54) is 4.31 Å². The summed E-state index contributed by atoms with van der Waals surface area (Å²) in [7, 11) is -0.173. The highest BCUT2D eigenvalue weighted by Crippen LogP contribution is 2.51. The molecule has 1 saturated heterocycles. The normalized spacial score (nSPS) is 21.0. The molecular formula is C18H27N3O6S. The molecule has 0 unspecified atom stereocenters. The summed E-state index contributed by atoms with van der Waals surface area (Å²) < 4.78 is 45.6. The number of sulfonamides is 1. The minimum absolute atomic E-state index is 0.0166. The average molecular weight is 413 g/mol. The fourth-order valence-electron chi connectivity index (χ4n) is 4.20. The van der Waals surface area contributed by atoms with Crippen molar-refractivity contribution in [1.29, 1.82) is 0 Å². The molecule has 0 bridgehead atoms. The predicted octanol–water partition coefficient (Wildman–Crippen LogP) is -0.290. The van der Waals surface area contributed by atoms with Crippen LogP contribution in [0, 0.1) is 0 Å². The number of piperazine rings is 1. The monoisotopic (exact) mass is 413 g/mol. The molecule has 1 fully saturated rings. The second-order valence-corrected chi connectivity index (χ2v) is 9.22. The lowest BCUT2D eigenvalue weighted by atomic mass is 9.97. The summed E-state index contributed by atoms with van der Waals surface area (Å²) in [4.78, 5) is 4.44. The molecule has 0 aliphatic carbocycles. The van der Waals surface area contributed by atoms with Crippen LogP contribution in [-0.4, -0.2) is 94.5 Å². The first-order valence-corrected chi connectivity index (χ1v) is 10.9. The van der Waals surface area contributed by atoms with Gasteiger partial charge >= 0.3 is 0 Å². The summed E-state index contributed by atoms with van der Waals surface area (Å²) in [5, 5.41) is 9.11. The van der Waals surface area contributed by atoms with Gasteiger partial charge in [0.25, 0.3) is 0 Å². The van der Waals surface area contributed by atoms with Crippen LogP contribution in [0.5, 0.6) is 17.2 Å². The predicted molar refractivity (Wildman–Crippen MR) is 101 cm³/mol. The number of fused-ring (bicyclic) bond motifs is 2. The first-order chi connectivity index (χ1) is 13.5. The number of benzene rings is 1. The van der Waals surface area contributed by atoms with E-state index in [9.17, 15) is 8.42 Å². The number of aliphatic hydroxyl groups is 1. The van der Waals surface area contributed by atoms with Gasteiger partial charge in [0.1, 0.15) is 4.90 Å². The van der Waals surface area contributed by atoms with Crippen LogP contribution in [0.25, 0.3) is 0 Å². The Labute approximate surface area is 165 Å². The molecule has 0 spiro atoms. The van der Waals surface area contributed by atoms with Gasteiger partial charge in [0.05, 0.1) is 13.7 Å². The molecule has 3 heterocycles. The number of hydrogen-bond acceptors (Lipinski definition) is 8. The standard InChI is InChI=1S/C18H27N3O6S/c1-19-4-3-13-14(11-19)15(25-2)16-17(27-12-26-16)18(13)28(23,24)21-7-5-20(6-8-21)9-10-22/h22H,3-12H2,1-2H3. The van der Waals surface area contributed by atoms with Gasteiger partial charge in [-0.15, -0.1) is 0 Å². The maximum absolute atomic E-state index is 13.6. The quantitative estimate of drug-likeness (QED) is 0.704. The summed E-state index contributed by atoms with van der Waals surface area (Å²) in [5.74, 6) is 1.23. The molecule has 10 heteroatoms. The van der Waals surface area contributed by atoms with E-state index in [2.05, 4.69) is 9.80 Å². The third-order valence-electron chi connectivity index (χ3n) is 5.66. The molecule has 1 N–H and O–H groups in total. The van der Waals surface area contributed by atoms with Crippen LogP contribution >= 0.6 is 0 Å². The van der Waals surface area contributed by atoms with Gasteiger partial charge in [-0.2, -0.15) is 4.31 Å². The van der Waals surface area contributed by atoms with Crippen LogP contribution in [0.1, 0.15) is 11.1 Å². The molecule has 0 amide bonds. The van der Waals surface area contributed by atoms with Crippen LogP contribution in [-0.2, 0) is 23.0 Å². The Kier molecular flexibility index (Phi) is 5.41. The molecule has 0 aromatic heterocycles. The van der Waals surface area contributed by atoms with E-state index in [4.69, 9.17) is 19.3 Å². The molecule has 0 saturated carbocycles. The van der Waals surface area contributed by atoms with Gasteiger partial charge in [0, 0.05) is 51.4 Å². The first kappa shape index (κ1) is 19.7. The molecule has 156 valence electrons. The van der Waals surface area contributed by atoms with Gasteiger partial charge in [0.15, 0.2) is 11.5 Å². The number of β-amino-alcohol motifs (C(OH)–C–C–N with tert-alkyl or cyclic N) is 1. The van der Waals surface area contributed by atoms with Crippen LogP contribution in [0.15, 0.2) is 4.90 Å². The van der Waals surface area contributed by atoms with E-state index in [0.717, 1.165) is 17.7 Å². The zero-order valence-corrected chi connectivity index (χ0v) is 17.1. The number of likely N-dealkylation sites (N-methyl/N-ethyl adjacent to an activating group) is 1. The van der Waals surface area contributed by atoms with Crippen molar-refractivity contribution in [3.8, 4) is 17.2 Å². The Morgan fingerprint density at radius 2 is 1.79 bits per heavy atom. The molecule has 3 aliphatic heterocycles. The highest BCUT2D eigenvalue weighted by atomic mass is 32.2. The number of rotatable bonds is 5. The molecule has 4 rings (SSSR count). The van der Waals surface area contributed by atoms with Gasteiger partial charge in [-0.3, -0.25) is 4.90 Å². The maximum atomic E-state index is 13.6. The first-order valence-electron chi connectivity index (χ1n) is 9.50. The van der Waals surface area contributed by atoms with E-state index in [0.29, 0.717) is 57.2 Å². The van der Waals surface area contributed by atoms with Gasteiger partial charge in [-0.05, 0) is 19.0 Å². The Morgan fingerprint density at radius 3 is 2.46 bits per heavy atom. The second-order valence-electron chi connectivity index (χ2n) is 7.34. The largest absolute Gasteiger partial charge is 0.492 e. The maximum Gasteiger partial charge on any atom is 0.247 e. The van der Waals surface area contributed by atoms with Crippen LogP contribution in [0.4, 0.5) is 0 Å². The van der Waals surface area contributed by atoms with Crippen molar-refractivity contribution in [2.45, 2.75) is 17.9 Å². The SMILES string of the molecule is COc1c2c(c(S(=O)(=O)N3CCN(CCO)CC3)c3c1OCO3)CCN(C)C2. The number of ether oxygens (including phenoxy) is 3. The lowest BCUT2D eigenvalue weighted by Crippen LogP contribution is -2.49. The fraction of sp³-hybridized carbons (Fsp3) is 0.667. The van der Waals surface area contributed by atoms with Gasteiger partial charge in [-0.25, -0.2) is 8.42 Å². The van der Waals surface area contributed by atoms with Crippen molar-refractivity contribution in [2.24, 2.45) is 0 Å². The van der Waals surface area contributed by atoms with Crippen molar-refractivity contribution in [2.75, 3.05) is 66.8 Å². The average Bonchev–Trinajstić information content (AvgIpc) is 3.15. The zero-order chi connectivity index (χ0) is 19.9. The third kappa shape index (κ3) is 3.22. The third-order valence-corrected chi connectivity index (χ3v) is 7.65. The molecular weight excluding hydrogens is 386 g/mol. The summed E-state index contributed by atoms with van der Waals surface area (Å²) in [6.07, 6.45) is 0.609. The van der Waals surface area contributed by atoms with E-state index in [-0.39, 0.29) is 24.0 Å². The lowest BCUT2D eigenvalue weighted by Gasteiger charge is -2.35. The Bertz CT molecular complexity index is 852. The van der Waals surface area contributed by atoms with E-state index in [1.807, 2.05) is 7.05 Å². The molecule has 0 atom stereocenters. The molecule has 28 heavy (non-hydrogen) atoms. The van der Waals surface area contributed by atoms with Crippen LogP contribution in [0.2, 0.25) is 0 Å². The van der Waals surface area contributed by atoms with Gasteiger partial charge in [0.2, 0.25) is 22.6 Å². The summed E-state index contributed by atoms with van der Waals surface area (Å²) in [5.41, 5.74) is 1.63. The molecule has 1 aromatic carbocycles. The van der Waals surface area contributed by atoms with E-state index < -0.39 is 10.0 Å². The smallest absolute Gasteiger partial charge is 0.247 e. The van der Waals surface area contributed by atoms with Crippen LogP contribution < -0.4 is 14.2 Å². The number of nitrogens with zero attached hydrogens (tertiary/aromatic N) is 3. The minimum atomic E-state index is -3.74. The Hall–Kier alpha value is -1.59. The summed E-state index contributed by atoms with van der Waals surface area (Å²) >= 11 is 0.